The van der Waals surface area contributed by atoms with Crippen LogP contribution in [0.25, 0.3) is 0 Å². The van der Waals surface area contributed by atoms with Crippen LogP contribution in [0.2, 0.25) is 0 Å². The molecule has 122 valence electrons. The lowest BCUT2D eigenvalue weighted by Crippen LogP contribution is -2.42. The van der Waals surface area contributed by atoms with Gasteiger partial charge in [0.2, 0.25) is 0 Å². The predicted molar refractivity (Wildman–Crippen MR) is 95.1 cm³/mol. The molecule has 0 atom stereocenters. The molecular formula is C16H25ClN4O. The van der Waals surface area contributed by atoms with Gasteiger partial charge in [-0.25, -0.2) is 4.79 Å². The third-order valence-corrected chi connectivity index (χ3v) is 3.04. The van der Waals surface area contributed by atoms with Crippen molar-refractivity contribution in [1.29, 1.82) is 5.41 Å². The number of guanidine groups is 1. The number of benzene rings is 1. The highest BCUT2D eigenvalue weighted by molar-refractivity contribution is 6.02. The molecule has 6 heteroatoms. The highest BCUT2D eigenvalue weighted by Gasteiger charge is 2.08. The number of anilines is 1. The van der Waals surface area contributed by atoms with Crippen molar-refractivity contribution in [2.75, 3.05) is 11.9 Å². The van der Waals surface area contributed by atoms with Gasteiger partial charge in [0.05, 0.1) is 0 Å². The lowest BCUT2D eigenvalue weighted by molar-refractivity contribution is 0.255. The number of amides is 2. The number of para-hydroxylation sites is 1. The number of unbranched alkanes of at least 4 members (excludes halogenated alkanes) is 1. The van der Waals surface area contributed by atoms with E-state index in [0.29, 0.717) is 6.54 Å². The molecule has 4 N–H and O–H groups in total. The summed E-state index contributed by atoms with van der Waals surface area (Å²) in [5, 5.41) is 15.8. The Morgan fingerprint density at radius 3 is 2.50 bits per heavy atom. The fourth-order valence-corrected chi connectivity index (χ4v) is 1.91. The smallest absolute Gasteiger partial charge is 0.326 e. The number of nitrogens with one attached hydrogen (secondary N) is 4. The van der Waals surface area contributed by atoms with E-state index < -0.39 is 6.03 Å². The van der Waals surface area contributed by atoms with Crippen LogP contribution in [0, 0.1) is 19.3 Å². The molecule has 0 radical (unpaired) electrons. The SMILES string of the molecule is CC=CCCCNC(=N)NC(=O)Nc1c(C)cccc1C.Cl. The summed E-state index contributed by atoms with van der Waals surface area (Å²) < 4.78 is 0. The van der Waals surface area contributed by atoms with Gasteiger partial charge in [-0.3, -0.25) is 10.7 Å². The Balaban J connectivity index is 0.00000441. The molecule has 0 aliphatic heterocycles. The molecule has 1 rings (SSSR count). The second kappa shape index (κ2) is 10.7. The third-order valence-electron chi connectivity index (χ3n) is 3.04. The molecule has 1 aromatic rings. The molecule has 0 saturated carbocycles. The maximum Gasteiger partial charge on any atom is 0.326 e. The number of hydrogen-bond donors (Lipinski definition) is 4. The van der Waals surface area contributed by atoms with E-state index in [-0.39, 0.29) is 18.4 Å². The van der Waals surface area contributed by atoms with E-state index in [9.17, 15) is 4.79 Å². The minimum absolute atomic E-state index is 0. The zero-order valence-electron chi connectivity index (χ0n) is 13.3. The van der Waals surface area contributed by atoms with Gasteiger partial charge in [-0.1, -0.05) is 30.4 Å². The van der Waals surface area contributed by atoms with Crippen LogP contribution in [-0.4, -0.2) is 18.5 Å². The van der Waals surface area contributed by atoms with Crippen LogP contribution in [0.15, 0.2) is 30.4 Å². The molecule has 5 nitrogen and oxygen atoms in total. The first-order valence-electron chi connectivity index (χ1n) is 7.12. The van der Waals surface area contributed by atoms with Crippen LogP contribution >= 0.6 is 12.4 Å². The van der Waals surface area contributed by atoms with Crippen LogP contribution in [0.3, 0.4) is 0 Å². The Labute approximate surface area is 138 Å². The van der Waals surface area contributed by atoms with Crippen molar-refractivity contribution >= 4 is 30.1 Å². The Bertz CT molecular complexity index is 509. The molecule has 0 spiro atoms. The van der Waals surface area contributed by atoms with Crippen LogP contribution in [0.4, 0.5) is 10.5 Å². The molecule has 0 aliphatic carbocycles. The molecule has 0 aliphatic rings. The van der Waals surface area contributed by atoms with Gasteiger partial charge in [0.1, 0.15) is 0 Å². The standard InChI is InChI=1S/C16H24N4O.ClH/c1-4-5-6-7-11-18-15(17)20-16(21)19-14-12(2)9-8-10-13(14)3;/h4-5,8-10H,6-7,11H2,1-3H3,(H4,17,18,19,20,21);1H. The Morgan fingerprint density at radius 2 is 1.91 bits per heavy atom. The van der Waals surface area contributed by atoms with Crippen LogP contribution in [-0.2, 0) is 0 Å². The molecule has 22 heavy (non-hydrogen) atoms. The minimum atomic E-state index is -0.404. The van der Waals surface area contributed by atoms with Crippen LogP contribution in [0.1, 0.15) is 30.9 Å². The number of aryl methyl sites for hydroxylation is 2. The summed E-state index contributed by atoms with van der Waals surface area (Å²) >= 11 is 0. The lowest BCUT2D eigenvalue weighted by atomic mass is 10.1. The lowest BCUT2D eigenvalue weighted by Gasteiger charge is -2.13. The van der Waals surface area contributed by atoms with Crippen molar-refractivity contribution in [1.82, 2.24) is 10.6 Å². The van der Waals surface area contributed by atoms with Gasteiger partial charge in [-0.2, -0.15) is 0 Å². The molecule has 0 unspecified atom stereocenters. The van der Waals surface area contributed by atoms with Gasteiger partial charge < -0.3 is 10.6 Å². The molecule has 0 aromatic heterocycles. The zero-order chi connectivity index (χ0) is 15.7. The fraction of sp³-hybridized carbons (Fsp3) is 0.375. The second-order valence-corrected chi connectivity index (χ2v) is 4.86. The van der Waals surface area contributed by atoms with Crippen LogP contribution in [0.5, 0.6) is 0 Å². The van der Waals surface area contributed by atoms with E-state index in [4.69, 9.17) is 5.41 Å². The Hall–Kier alpha value is -2.01. The summed E-state index contributed by atoms with van der Waals surface area (Å²) in [6.07, 6.45) is 5.96. The molecule has 0 bridgehead atoms. The third kappa shape index (κ3) is 7.13. The van der Waals surface area contributed by atoms with E-state index in [0.717, 1.165) is 29.7 Å². The van der Waals surface area contributed by atoms with Crippen molar-refractivity contribution in [3.63, 3.8) is 0 Å². The van der Waals surface area contributed by atoms with Gasteiger partial charge in [-0.05, 0) is 44.7 Å². The largest absolute Gasteiger partial charge is 0.356 e. The average molecular weight is 325 g/mol. The fourth-order valence-electron chi connectivity index (χ4n) is 1.91. The summed E-state index contributed by atoms with van der Waals surface area (Å²) in [4.78, 5) is 11.8. The van der Waals surface area contributed by atoms with Crippen molar-refractivity contribution in [2.24, 2.45) is 0 Å². The second-order valence-electron chi connectivity index (χ2n) is 4.86. The van der Waals surface area contributed by atoms with Crippen molar-refractivity contribution in [3.05, 3.63) is 41.5 Å². The minimum Gasteiger partial charge on any atom is -0.356 e. The highest BCUT2D eigenvalue weighted by Crippen LogP contribution is 2.18. The number of hydrogen-bond acceptors (Lipinski definition) is 2. The number of urea groups is 1. The van der Waals surface area contributed by atoms with Gasteiger partial charge in [0.25, 0.3) is 0 Å². The van der Waals surface area contributed by atoms with Gasteiger partial charge >= 0.3 is 6.03 Å². The normalized spacial score (nSPS) is 9.95. The highest BCUT2D eigenvalue weighted by atomic mass is 35.5. The molecule has 0 fully saturated rings. The summed E-state index contributed by atoms with van der Waals surface area (Å²) in [7, 11) is 0. The first-order valence-corrected chi connectivity index (χ1v) is 7.12. The number of rotatable bonds is 5. The monoisotopic (exact) mass is 324 g/mol. The molecular weight excluding hydrogens is 300 g/mol. The predicted octanol–water partition coefficient (Wildman–Crippen LogP) is 3.73. The maximum absolute atomic E-state index is 11.8. The first kappa shape index (κ1) is 20.0. The maximum atomic E-state index is 11.8. The quantitative estimate of drug-likeness (QED) is 0.288. The van der Waals surface area contributed by atoms with Gasteiger partial charge in [0, 0.05) is 12.2 Å². The van der Waals surface area contributed by atoms with E-state index >= 15 is 0 Å². The summed E-state index contributed by atoms with van der Waals surface area (Å²) in [6, 6.07) is 5.42. The summed E-state index contributed by atoms with van der Waals surface area (Å²) in [6.45, 7) is 6.52. The number of allylic oxidation sites excluding steroid dienone is 2. The average Bonchev–Trinajstić information content (AvgIpc) is 2.43. The number of halogens is 1. The molecule has 0 heterocycles. The van der Waals surface area contributed by atoms with Crippen molar-refractivity contribution < 1.29 is 4.79 Å². The van der Waals surface area contributed by atoms with Gasteiger partial charge in [0.15, 0.2) is 5.96 Å². The van der Waals surface area contributed by atoms with Crippen molar-refractivity contribution in [2.45, 2.75) is 33.6 Å². The summed E-state index contributed by atoms with van der Waals surface area (Å²) in [5.41, 5.74) is 2.78. The van der Waals surface area contributed by atoms with Crippen molar-refractivity contribution in [3.8, 4) is 0 Å². The number of carbonyl (C=O) groups is 1. The molecule has 0 saturated heterocycles. The van der Waals surface area contributed by atoms with E-state index in [1.54, 1.807) is 0 Å². The van der Waals surface area contributed by atoms with E-state index in [2.05, 4.69) is 22.0 Å². The summed E-state index contributed by atoms with van der Waals surface area (Å²) in [5.74, 6) is 0.0132. The number of carbonyl (C=O) groups excluding carboxylic acids is 1. The van der Waals surface area contributed by atoms with E-state index in [1.807, 2.05) is 45.0 Å². The zero-order valence-corrected chi connectivity index (χ0v) is 14.1. The Morgan fingerprint density at radius 1 is 1.27 bits per heavy atom. The Kier molecular flexibility index (Phi) is 9.70. The first-order chi connectivity index (χ1) is 10.0. The van der Waals surface area contributed by atoms with E-state index in [1.165, 1.54) is 0 Å². The van der Waals surface area contributed by atoms with Crippen LogP contribution < -0.4 is 16.0 Å². The molecule has 2 amide bonds. The molecule has 1 aromatic carbocycles. The topological polar surface area (TPSA) is 77.0 Å². The van der Waals surface area contributed by atoms with Gasteiger partial charge in [-0.15, -0.1) is 12.4 Å².